The third kappa shape index (κ3) is 6.82. The van der Waals surface area contributed by atoms with Gasteiger partial charge in [-0.25, -0.2) is 9.37 Å². The van der Waals surface area contributed by atoms with Crippen molar-refractivity contribution >= 4 is 11.8 Å². The van der Waals surface area contributed by atoms with Crippen LogP contribution in [-0.4, -0.2) is 34.1 Å². The number of aromatic nitrogens is 2. The normalized spacial score (nSPS) is 12.3. The van der Waals surface area contributed by atoms with Gasteiger partial charge in [-0.1, -0.05) is 24.3 Å². The zero-order chi connectivity index (χ0) is 22.4. The van der Waals surface area contributed by atoms with Crippen LogP contribution in [0.2, 0.25) is 0 Å². The van der Waals surface area contributed by atoms with Gasteiger partial charge in [-0.05, 0) is 36.8 Å². The summed E-state index contributed by atoms with van der Waals surface area (Å²) in [5, 5.41) is 15.3. The van der Waals surface area contributed by atoms with E-state index < -0.39 is 6.36 Å². The first-order valence-corrected chi connectivity index (χ1v) is 9.33. The summed E-state index contributed by atoms with van der Waals surface area (Å²) in [6.07, 6.45) is -4.81. The van der Waals surface area contributed by atoms with E-state index in [-0.39, 0.29) is 36.7 Å². The predicted octanol–water partition coefficient (Wildman–Crippen LogP) is 4.59. The first-order valence-electron chi connectivity index (χ1n) is 9.33. The average molecular weight is 436 g/mol. The van der Waals surface area contributed by atoms with Crippen molar-refractivity contribution in [2.75, 3.05) is 17.2 Å². The third-order valence-electron chi connectivity index (χ3n) is 4.10. The van der Waals surface area contributed by atoms with Gasteiger partial charge < -0.3 is 20.5 Å². The average Bonchev–Trinajstić information content (AvgIpc) is 2.71. The van der Waals surface area contributed by atoms with E-state index >= 15 is 0 Å². The fourth-order valence-corrected chi connectivity index (χ4v) is 2.71. The molecule has 0 amide bonds. The number of hydrogen-bond donors (Lipinski definition) is 3. The lowest BCUT2D eigenvalue weighted by molar-refractivity contribution is -0.274. The van der Waals surface area contributed by atoms with Gasteiger partial charge in [0.15, 0.2) is 0 Å². The van der Waals surface area contributed by atoms with E-state index in [1.165, 1.54) is 30.3 Å². The maximum atomic E-state index is 13.4. The minimum absolute atomic E-state index is 0.169. The molecule has 0 fully saturated rings. The fourth-order valence-electron chi connectivity index (χ4n) is 2.71. The first-order chi connectivity index (χ1) is 14.7. The molecule has 2 aromatic carbocycles. The maximum absolute atomic E-state index is 13.4. The summed E-state index contributed by atoms with van der Waals surface area (Å²) in [4.78, 5) is 8.64. The van der Waals surface area contributed by atoms with Crippen LogP contribution < -0.4 is 15.4 Å². The first kappa shape index (κ1) is 22.3. The molecule has 1 atom stereocenters. The monoisotopic (exact) mass is 436 g/mol. The molecule has 31 heavy (non-hydrogen) atoms. The van der Waals surface area contributed by atoms with Crippen LogP contribution in [0.15, 0.2) is 54.6 Å². The molecule has 0 aliphatic heterocycles. The van der Waals surface area contributed by atoms with E-state index in [1.54, 1.807) is 31.2 Å². The van der Waals surface area contributed by atoms with E-state index in [2.05, 4.69) is 25.3 Å². The largest absolute Gasteiger partial charge is 0.573 e. The Labute approximate surface area is 175 Å². The number of hydrogen-bond acceptors (Lipinski definition) is 6. The van der Waals surface area contributed by atoms with E-state index in [4.69, 9.17) is 0 Å². The molecule has 1 aromatic heterocycles. The number of alkyl halides is 3. The summed E-state index contributed by atoms with van der Waals surface area (Å²) >= 11 is 0. The van der Waals surface area contributed by atoms with Crippen molar-refractivity contribution in [1.29, 1.82) is 0 Å². The molecule has 0 saturated carbocycles. The fraction of sp³-hybridized carbons (Fsp3) is 0.238. The number of aliphatic hydroxyl groups excluding tert-OH is 1. The Balaban J connectivity index is 1.90. The Hall–Kier alpha value is -3.40. The Morgan fingerprint density at radius 2 is 1.84 bits per heavy atom. The molecule has 0 aliphatic carbocycles. The third-order valence-corrected chi connectivity index (χ3v) is 4.10. The Bertz CT molecular complexity index is 1030. The SMILES string of the molecule is C[C@H](CO)Nc1nc(NCc2cccc(F)c2)cc(-c2cccc(OC(F)(F)F)c2)n1. The van der Waals surface area contributed by atoms with Crippen LogP contribution in [0, 0.1) is 5.82 Å². The van der Waals surface area contributed by atoms with Crippen molar-refractivity contribution in [3.8, 4) is 17.0 Å². The van der Waals surface area contributed by atoms with Crippen molar-refractivity contribution in [3.63, 3.8) is 0 Å². The van der Waals surface area contributed by atoms with E-state index in [0.29, 0.717) is 22.6 Å². The molecule has 3 rings (SSSR count). The second-order valence-corrected chi connectivity index (χ2v) is 6.75. The number of rotatable bonds is 8. The predicted molar refractivity (Wildman–Crippen MR) is 108 cm³/mol. The van der Waals surface area contributed by atoms with Crippen LogP contribution in [0.1, 0.15) is 12.5 Å². The highest BCUT2D eigenvalue weighted by Gasteiger charge is 2.31. The molecule has 0 unspecified atom stereocenters. The Morgan fingerprint density at radius 1 is 1.06 bits per heavy atom. The van der Waals surface area contributed by atoms with Crippen molar-refractivity contribution in [2.24, 2.45) is 0 Å². The molecule has 1 heterocycles. The number of anilines is 2. The second kappa shape index (κ2) is 9.61. The number of halogens is 4. The smallest absolute Gasteiger partial charge is 0.406 e. The number of aliphatic hydroxyl groups is 1. The molecule has 0 bridgehead atoms. The highest BCUT2D eigenvalue weighted by molar-refractivity contribution is 5.66. The van der Waals surface area contributed by atoms with E-state index in [9.17, 15) is 22.7 Å². The van der Waals surface area contributed by atoms with Gasteiger partial charge in [0.2, 0.25) is 5.95 Å². The summed E-state index contributed by atoms with van der Waals surface area (Å²) in [5.74, 6) is -0.216. The summed E-state index contributed by atoms with van der Waals surface area (Å²) < 4.78 is 55.1. The van der Waals surface area contributed by atoms with Crippen LogP contribution in [0.5, 0.6) is 5.75 Å². The lowest BCUT2D eigenvalue weighted by atomic mass is 10.1. The minimum atomic E-state index is -4.81. The topological polar surface area (TPSA) is 79.3 Å². The van der Waals surface area contributed by atoms with Crippen molar-refractivity contribution in [1.82, 2.24) is 9.97 Å². The summed E-state index contributed by atoms with van der Waals surface area (Å²) in [5.41, 5.74) is 1.38. The highest BCUT2D eigenvalue weighted by atomic mass is 19.4. The summed E-state index contributed by atoms with van der Waals surface area (Å²) in [7, 11) is 0. The lowest BCUT2D eigenvalue weighted by Gasteiger charge is -2.15. The number of ether oxygens (including phenoxy) is 1. The Kier molecular flexibility index (Phi) is 6.91. The van der Waals surface area contributed by atoms with Gasteiger partial charge >= 0.3 is 6.36 Å². The van der Waals surface area contributed by atoms with Gasteiger partial charge in [-0.15, -0.1) is 13.2 Å². The zero-order valence-corrected chi connectivity index (χ0v) is 16.4. The quantitative estimate of drug-likeness (QED) is 0.449. The van der Waals surface area contributed by atoms with Crippen LogP contribution in [0.25, 0.3) is 11.3 Å². The van der Waals surface area contributed by atoms with E-state index in [1.807, 2.05) is 0 Å². The molecule has 3 N–H and O–H groups in total. The molecule has 0 spiro atoms. The molecular formula is C21H20F4N4O2. The van der Waals surface area contributed by atoms with Gasteiger partial charge in [0, 0.05) is 24.2 Å². The van der Waals surface area contributed by atoms with Crippen molar-refractivity contribution in [2.45, 2.75) is 25.9 Å². The molecule has 0 aliphatic rings. The van der Waals surface area contributed by atoms with Gasteiger partial charge in [0.05, 0.1) is 12.3 Å². The molecule has 0 saturated heterocycles. The van der Waals surface area contributed by atoms with Crippen LogP contribution in [0.3, 0.4) is 0 Å². The highest BCUT2D eigenvalue weighted by Crippen LogP contribution is 2.28. The summed E-state index contributed by atoms with van der Waals surface area (Å²) in [6, 6.07) is 12.6. The van der Waals surface area contributed by atoms with Gasteiger partial charge in [0.1, 0.15) is 17.4 Å². The number of nitrogens with one attached hydrogen (secondary N) is 2. The molecule has 0 radical (unpaired) electrons. The second-order valence-electron chi connectivity index (χ2n) is 6.75. The van der Waals surface area contributed by atoms with Crippen molar-refractivity contribution < 1.29 is 27.4 Å². The standard InChI is InChI=1S/C21H20F4N4O2/c1-13(12-30)27-20-28-18(15-5-3-7-17(9-15)31-21(23,24)25)10-19(29-20)26-11-14-4-2-6-16(22)8-14/h2-10,13,30H,11-12H2,1H3,(H2,26,27,28,29)/t13-/m1/s1. The van der Waals surface area contributed by atoms with Crippen LogP contribution in [-0.2, 0) is 6.54 Å². The number of nitrogens with zero attached hydrogens (tertiary/aromatic N) is 2. The van der Waals surface area contributed by atoms with Gasteiger partial charge in [0.25, 0.3) is 0 Å². The maximum Gasteiger partial charge on any atom is 0.573 e. The molecule has 3 aromatic rings. The lowest BCUT2D eigenvalue weighted by Crippen LogP contribution is -2.21. The van der Waals surface area contributed by atoms with Crippen LogP contribution >= 0.6 is 0 Å². The van der Waals surface area contributed by atoms with Crippen LogP contribution in [0.4, 0.5) is 29.3 Å². The zero-order valence-electron chi connectivity index (χ0n) is 16.4. The molecule has 6 nitrogen and oxygen atoms in total. The molecular weight excluding hydrogens is 416 g/mol. The van der Waals surface area contributed by atoms with Crippen molar-refractivity contribution in [3.05, 3.63) is 66.0 Å². The Morgan fingerprint density at radius 3 is 2.55 bits per heavy atom. The van der Waals surface area contributed by atoms with E-state index in [0.717, 1.165) is 0 Å². The minimum Gasteiger partial charge on any atom is -0.406 e. The molecule has 164 valence electrons. The number of benzene rings is 2. The van der Waals surface area contributed by atoms with Gasteiger partial charge in [-0.2, -0.15) is 4.98 Å². The summed E-state index contributed by atoms with van der Waals surface area (Å²) in [6.45, 7) is 1.81. The van der Waals surface area contributed by atoms with Gasteiger partial charge in [-0.3, -0.25) is 0 Å². The molecule has 10 heteroatoms.